The molecule has 0 saturated heterocycles. The van der Waals surface area contributed by atoms with Gasteiger partial charge in [0.15, 0.2) is 0 Å². The third-order valence-electron chi connectivity index (χ3n) is 1.88. The van der Waals surface area contributed by atoms with Crippen LogP contribution in [0.2, 0.25) is 0 Å². The monoisotopic (exact) mass is 312 g/mol. The molecule has 0 saturated carbocycles. The van der Waals surface area contributed by atoms with E-state index in [-0.39, 0.29) is 36.3 Å². The minimum atomic E-state index is 0. The molecule has 0 amide bonds. The van der Waals surface area contributed by atoms with E-state index in [4.69, 9.17) is 0 Å². The predicted octanol–water partition coefficient (Wildman–Crippen LogP) is 2.86. The summed E-state index contributed by atoms with van der Waals surface area (Å²) in [5, 5.41) is 0. The van der Waals surface area contributed by atoms with Gasteiger partial charge >= 0.3 is 23.9 Å². The second-order valence-corrected chi connectivity index (χ2v) is 2.73. The van der Waals surface area contributed by atoms with Gasteiger partial charge < -0.3 is 0 Å². The number of hydrogen-bond acceptors (Lipinski definition) is 0. The molecule has 2 heteroatoms. The molecule has 2 aromatic carbocycles. The summed E-state index contributed by atoms with van der Waals surface area (Å²) in [6, 6.07) is 20.8. The van der Waals surface area contributed by atoms with E-state index in [1.54, 1.807) is 0 Å². The van der Waals surface area contributed by atoms with Gasteiger partial charge in [-0.3, -0.25) is 0 Å². The topological polar surface area (TPSA) is 0 Å². The van der Waals surface area contributed by atoms with Crippen molar-refractivity contribution in [3.05, 3.63) is 60.7 Å². The number of rotatable bonds is 1. The van der Waals surface area contributed by atoms with Gasteiger partial charge in [-0.1, -0.05) is 60.7 Å². The van der Waals surface area contributed by atoms with Crippen LogP contribution in [0.15, 0.2) is 60.7 Å². The SMILES string of the molecule is Cl.[SnH2].c1ccc(-c2ccccc2)cc1. The maximum atomic E-state index is 2.12. The summed E-state index contributed by atoms with van der Waals surface area (Å²) in [4.78, 5) is 0. The van der Waals surface area contributed by atoms with Gasteiger partial charge in [0.2, 0.25) is 0 Å². The Bertz CT molecular complexity index is 308. The van der Waals surface area contributed by atoms with Crippen LogP contribution in [0, 0.1) is 0 Å². The van der Waals surface area contributed by atoms with E-state index < -0.39 is 0 Å². The van der Waals surface area contributed by atoms with Crippen molar-refractivity contribution in [2.24, 2.45) is 0 Å². The molecule has 72 valence electrons. The zero-order valence-corrected chi connectivity index (χ0v) is 12.7. The van der Waals surface area contributed by atoms with Crippen molar-refractivity contribution in [1.82, 2.24) is 0 Å². The maximum absolute atomic E-state index is 2.12. The van der Waals surface area contributed by atoms with Crippen LogP contribution in [-0.4, -0.2) is 23.9 Å². The molecule has 0 aliphatic carbocycles. The Balaban J connectivity index is 0.000000845. The number of halogens is 1. The standard InChI is InChI=1S/C12H10.ClH.Sn.2H/c1-3-7-11(8-4-1)12-9-5-2-6-10-12;;;;/h1-10H;1H;;;. The molecule has 0 aromatic heterocycles. The quantitative estimate of drug-likeness (QED) is 0.711. The molecule has 14 heavy (non-hydrogen) atoms. The largest absolute Gasteiger partial charge is 0.0622 e. The van der Waals surface area contributed by atoms with Crippen LogP contribution in [0.5, 0.6) is 0 Å². The first-order valence-electron chi connectivity index (χ1n) is 4.07. The third kappa shape index (κ3) is 3.35. The summed E-state index contributed by atoms with van der Waals surface area (Å²) in [6.45, 7) is 0. The van der Waals surface area contributed by atoms with Crippen LogP contribution in [0.1, 0.15) is 0 Å². The van der Waals surface area contributed by atoms with E-state index in [0.29, 0.717) is 0 Å². The van der Waals surface area contributed by atoms with Gasteiger partial charge in [-0.05, 0) is 11.1 Å². The fraction of sp³-hybridized carbons (Fsp3) is 0. The molecule has 0 heterocycles. The van der Waals surface area contributed by atoms with Crippen LogP contribution in [-0.2, 0) is 0 Å². The molecule has 2 radical (unpaired) electrons. The molecular weight excluding hydrogens is 298 g/mol. The summed E-state index contributed by atoms with van der Waals surface area (Å²) < 4.78 is 0. The van der Waals surface area contributed by atoms with Crippen LogP contribution < -0.4 is 0 Å². The fourth-order valence-corrected chi connectivity index (χ4v) is 1.26. The average Bonchev–Trinajstić information content (AvgIpc) is 2.21. The molecule has 0 unspecified atom stereocenters. The molecule has 0 nitrogen and oxygen atoms in total. The second-order valence-electron chi connectivity index (χ2n) is 2.73. The molecule has 0 fully saturated rings. The molecule has 2 rings (SSSR count). The van der Waals surface area contributed by atoms with Gasteiger partial charge in [0, 0.05) is 0 Å². The smallest absolute Gasteiger partial charge is 0.0184 e. The van der Waals surface area contributed by atoms with Gasteiger partial charge in [0.25, 0.3) is 0 Å². The van der Waals surface area contributed by atoms with E-state index in [1.165, 1.54) is 11.1 Å². The summed E-state index contributed by atoms with van der Waals surface area (Å²) in [5.41, 5.74) is 2.55. The van der Waals surface area contributed by atoms with Crippen LogP contribution in [0.4, 0.5) is 0 Å². The summed E-state index contributed by atoms with van der Waals surface area (Å²) in [5.74, 6) is 0. The van der Waals surface area contributed by atoms with Crippen molar-refractivity contribution in [3.8, 4) is 11.1 Å². The van der Waals surface area contributed by atoms with Crippen molar-refractivity contribution < 1.29 is 0 Å². The normalized spacial score (nSPS) is 8.29. The van der Waals surface area contributed by atoms with Gasteiger partial charge in [-0.25, -0.2) is 0 Å². The van der Waals surface area contributed by atoms with Crippen molar-refractivity contribution in [2.45, 2.75) is 0 Å². The molecule has 0 N–H and O–H groups in total. The molecular formula is C12H13ClSn. The van der Waals surface area contributed by atoms with Crippen molar-refractivity contribution in [2.75, 3.05) is 0 Å². The molecule has 0 atom stereocenters. The second kappa shape index (κ2) is 6.91. The number of benzene rings is 2. The van der Waals surface area contributed by atoms with Crippen molar-refractivity contribution in [3.63, 3.8) is 0 Å². The van der Waals surface area contributed by atoms with Crippen molar-refractivity contribution >= 4 is 36.3 Å². The minimum absolute atomic E-state index is 0. The first-order chi connectivity index (χ1) is 5.97. The van der Waals surface area contributed by atoms with Gasteiger partial charge in [-0.15, -0.1) is 12.4 Å². The summed E-state index contributed by atoms with van der Waals surface area (Å²) in [6.07, 6.45) is 0. The Morgan fingerprint density at radius 2 is 0.786 bits per heavy atom. The van der Waals surface area contributed by atoms with Crippen LogP contribution in [0.3, 0.4) is 0 Å². The van der Waals surface area contributed by atoms with Gasteiger partial charge in [0.1, 0.15) is 0 Å². The van der Waals surface area contributed by atoms with E-state index >= 15 is 0 Å². The molecule has 0 spiro atoms. The first-order valence-corrected chi connectivity index (χ1v) is 4.07. The minimum Gasteiger partial charge on any atom is -0.0622 e. The maximum Gasteiger partial charge on any atom is -0.0184 e. The average molecular weight is 311 g/mol. The third-order valence-corrected chi connectivity index (χ3v) is 1.88. The fourth-order valence-electron chi connectivity index (χ4n) is 1.26. The van der Waals surface area contributed by atoms with Gasteiger partial charge in [-0.2, -0.15) is 0 Å². The zero-order valence-electron chi connectivity index (χ0n) is 7.89. The first kappa shape index (κ1) is 13.5. The van der Waals surface area contributed by atoms with E-state index in [9.17, 15) is 0 Å². The molecule has 0 bridgehead atoms. The summed E-state index contributed by atoms with van der Waals surface area (Å²) >= 11 is 0. The van der Waals surface area contributed by atoms with E-state index in [2.05, 4.69) is 48.5 Å². The van der Waals surface area contributed by atoms with E-state index in [1.807, 2.05) is 12.1 Å². The Kier molecular flexibility index (Phi) is 6.67. The Hall–Kier alpha value is -0.471. The Morgan fingerprint density at radius 1 is 0.500 bits per heavy atom. The molecule has 0 aliphatic rings. The zero-order chi connectivity index (χ0) is 8.23. The van der Waals surface area contributed by atoms with Crippen LogP contribution >= 0.6 is 12.4 Å². The number of hydrogen-bond donors (Lipinski definition) is 0. The predicted molar refractivity (Wildman–Crippen MR) is 67.7 cm³/mol. The van der Waals surface area contributed by atoms with Gasteiger partial charge in [0.05, 0.1) is 0 Å². The molecule has 0 aliphatic heterocycles. The summed E-state index contributed by atoms with van der Waals surface area (Å²) in [7, 11) is 0. The Morgan fingerprint density at radius 3 is 1.07 bits per heavy atom. The molecule has 2 aromatic rings. The van der Waals surface area contributed by atoms with E-state index in [0.717, 1.165) is 0 Å². The van der Waals surface area contributed by atoms with Crippen molar-refractivity contribution in [1.29, 1.82) is 0 Å². The Labute approximate surface area is 108 Å². The van der Waals surface area contributed by atoms with Crippen LogP contribution in [0.25, 0.3) is 11.1 Å².